The van der Waals surface area contributed by atoms with E-state index in [1.807, 2.05) is 6.07 Å². The van der Waals surface area contributed by atoms with Crippen LogP contribution in [0.3, 0.4) is 0 Å². The minimum Gasteiger partial charge on any atom is -0.492 e. The molecule has 0 aliphatic rings. The van der Waals surface area contributed by atoms with Gasteiger partial charge in [-0.25, -0.2) is 0 Å². The molecule has 0 bridgehead atoms. The molecule has 25 heavy (non-hydrogen) atoms. The zero-order chi connectivity index (χ0) is 18.7. The molecule has 1 atom stereocenters. The molecular formula is C20H34O4S. The molecule has 0 fully saturated rings. The molecule has 0 radical (unpaired) electrons. The lowest BCUT2D eigenvalue weighted by atomic mass is 10.00. The molecule has 0 aliphatic carbocycles. The summed E-state index contributed by atoms with van der Waals surface area (Å²) >= 11 is 0. The van der Waals surface area contributed by atoms with Crippen LogP contribution in [0.25, 0.3) is 0 Å². The van der Waals surface area contributed by atoms with Gasteiger partial charge in [-0.3, -0.25) is 4.55 Å². The molecule has 1 unspecified atom stereocenters. The van der Waals surface area contributed by atoms with Gasteiger partial charge in [0.25, 0.3) is 10.1 Å². The van der Waals surface area contributed by atoms with Crippen LogP contribution in [0.5, 0.6) is 5.75 Å². The third kappa shape index (κ3) is 8.23. The summed E-state index contributed by atoms with van der Waals surface area (Å²) in [5.74, 6) is 0.748. The summed E-state index contributed by atoms with van der Waals surface area (Å²) in [6.45, 7) is 6.11. The average molecular weight is 371 g/mol. The lowest BCUT2D eigenvalue weighted by molar-refractivity contribution is 0.299. The molecule has 0 heterocycles. The van der Waals surface area contributed by atoms with Crippen molar-refractivity contribution >= 4 is 10.1 Å². The van der Waals surface area contributed by atoms with E-state index in [0.717, 1.165) is 37.0 Å². The molecule has 1 rings (SSSR count). The van der Waals surface area contributed by atoms with Gasteiger partial charge in [-0.15, -0.1) is 0 Å². The van der Waals surface area contributed by atoms with Crippen molar-refractivity contribution in [3.63, 3.8) is 0 Å². The average Bonchev–Trinajstić information content (AvgIpc) is 2.56. The van der Waals surface area contributed by atoms with E-state index in [1.54, 1.807) is 6.92 Å². The number of unbranched alkanes of at least 4 members (excludes halogenated alkanes) is 4. The maximum Gasteiger partial charge on any atom is 0.271 e. The zero-order valence-corrected chi connectivity index (χ0v) is 16.8. The Morgan fingerprint density at radius 3 is 2.20 bits per heavy atom. The number of hydrogen-bond acceptors (Lipinski definition) is 3. The Kier molecular flexibility index (Phi) is 10.1. The molecule has 0 saturated heterocycles. The Morgan fingerprint density at radius 2 is 1.64 bits per heavy atom. The summed E-state index contributed by atoms with van der Waals surface area (Å²) in [5, 5.41) is -0.875. The van der Waals surface area contributed by atoms with Gasteiger partial charge in [-0.05, 0) is 49.3 Å². The van der Waals surface area contributed by atoms with Crippen LogP contribution in [0.4, 0.5) is 0 Å². The van der Waals surface area contributed by atoms with Crippen molar-refractivity contribution in [1.29, 1.82) is 0 Å². The molecule has 0 aliphatic heterocycles. The molecule has 1 aromatic rings. The zero-order valence-electron chi connectivity index (χ0n) is 16.0. The van der Waals surface area contributed by atoms with Crippen LogP contribution < -0.4 is 4.74 Å². The Hall–Kier alpha value is -1.07. The third-order valence-corrected chi connectivity index (χ3v) is 5.86. The van der Waals surface area contributed by atoms with Gasteiger partial charge in [-0.1, -0.05) is 58.6 Å². The first-order valence-electron chi connectivity index (χ1n) is 9.63. The summed E-state index contributed by atoms with van der Waals surface area (Å²) in [5.41, 5.74) is 2.46. The quantitative estimate of drug-likeness (QED) is 0.383. The van der Waals surface area contributed by atoms with E-state index in [2.05, 4.69) is 26.0 Å². The first kappa shape index (κ1) is 22.0. The van der Waals surface area contributed by atoms with Gasteiger partial charge in [0, 0.05) is 0 Å². The summed E-state index contributed by atoms with van der Waals surface area (Å²) in [7, 11) is -4.07. The second kappa shape index (κ2) is 11.5. The highest BCUT2D eigenvalue weighted by atomic mass is 32.2. The van der Waals surface area contributed by atoms with E-state index >= 15 is 0 Å². The maximum absolute atomic E-state index is 11.4. The molecule has 1 aromatic carbocycles. The monoisotopic (exact) mass is 370 g/mol. The number of hydrogen-bond donors (Lipinski definition) is 1. The smallest absolute Gasteiger partial charge is 0.271 e. The fourth-order valence-electron chi connectivity index (χ4n) is 2.87. The van der Waals surface area contributed by atoms with Gasteiger partial charge in [-0.2, -0.15) is 8.42 Å². The van der Waals surface area contributed by atoms with Crippen molar-refractivity contribution in [3.8, 4) is 5.75 Å². The highest BCUT2D eigenvalue weighted by Gasteiger charge is 2.22. The van der Waals surface area contributed by atoms with Gasteiger partial charge in [0.2, 0.25) is 0 Å². The summed E-state index contributed by atoms with van der Waals surface area (Å²) in [4.78, 5) is 0. The second-order valence-electron chi connectivity index (χ2n) is 6.71. The SMILES string of the molecule is CCCCCc1ccc(OCC(CC)S(=O)(=O)O)c(CCCCC)c1. The molecular weight excluding hydrogens is 336 g/mol. The summed E-state index contributed by atoms with van der Waals surface area (Å²) in [6.07, 6.45) is 9.39. The van der Waals surface area contributed by atoms with Gasteiger partial charge in [0.05, 0.1) is 0 Å². The molecule has 4 nitrogen and oxygen atoms in total. The lowest BCUT2D eigenvalue weighted by Gasteiger charge is -2.17. The van der Waals surface area contributed by atoms with Gasteiger partial charge < -0.3 is 4.74 Å². The predicted molar refractivity (Wildman–Crippen MR) is 104 cm³/mol. The molecule has 0 amide bonds. The highest BCUT2D eigenvalue weighted by molar-refractivity contribution is 7.86. The number of aryl methyl sites for hydroxylation is 2. The van der Waals surface area contributed by atoms with E-state index in [-0.39, 0.29) is 6.61 Å². The lowest BCUT2D eigenvalue weighted by Crippen LogP contribution is -2.27. The van der Waals surface area contributed by atoms with Crippen molar-refractivity contribution in [3.05, 3.63) is 29.3 Å². The number of ether oxygens (including phenoxy) is 1. The van der Waals surface area contributed by atoms with Crippen LogP contribution in [0.15, 0.2) is 18.2 Å². The van der Waals surface area contributed by atoms with Crippen LogP contribution >= 0.6 is 0 Å². The highest BCUT2D eigenvalue weighted by Crippen LogP contribution is 2.24. The normalized spacial score (nSPS) is 13.0. The third-order valence-electron chi connectivity index (χ3n) is 4.54. The van der Waals surface area contributed by atoms with Gasteiger partial charge in [0.15, 0.2) is 0 Å². The van der Waals surface area contributed by atoms with Crippen LogP contribution in [0, 0.1) is 0 Å². The molecule has 5 heteroatoms. The van der Waals surface area contributed by atoms with E-state index in [0.29, 0.717) is 6.42 Å². The first-order chi connectivity index (χ1) is 11.9. The van der Waals surface area contributed by atoms with E-state index in [4.69, 9.17) is 4.74 Å². The Morgan fingerprint density at radius 1 is 1.00 bits per heavy atom. The van der Waals surface area contributed by atoms with Gasteiger partial charge in [0.1, 0.15) is 17.6 Å². The maximum atomic E-state index is 11.4. The van der Waals surface area contributed by atoms with Crippen molar-refractivity contribution in [2.24, 2.45) is 0 Å². The summed E-state index contributed by atoms with van der Waals surface area (Å²) in [6, 6.07) is 6.23. The van der Waals surface area contributed by atoms with Crippen molar-refractivity contribution in [2.45, 2.75) is 83.8 Å². The molecule has 0 aromatic heterocycles. The Balaban J connectivity index is 2.83. The number of rotatable bonds is 13. The van der Waals surface area contributed by atoms with Crippen molar-refractivity contribution < 1.29 is 17.7 Å². The summed E-state index contributed by atoms with van der Waals surface area (Å²) < 4.78 is 37.8. The molecule has 1 N–H and O–H groups in total. The predicted octanol–water partition coefficient (Wildman–Crippen LogP) is 5.20. The van der Waals surface area contributed by atoms with E-state index in [1.165, 1.54) is 31.2 Å². The number of benzene rings is 1. The Labute approximate surface area is 153 Å². The largest absolute Gasteiger partial charge is 0.492 e. The molecule has 144 valence electrons. The van der Waals surface area contributed by atoms with Crippen LogP contribution in [-0.2, 0) is 23.0 Å². The van der Waals surface area contributed by atoms with Crippen LogP contribution in [-0.4, -0.2) is 24.8 Å². The van der Waals surface area contributed by atoms with Crippen molar-refractivity contribution in [2.75, 3.05) is 6.61 Å². The van der Waals surface area contributed by atoms with E-state index in [9.17, 15) is 13.0 Å². The Bertz CT molecular complexity index is 596. The molecule has 0 spiro atoms. The van der Waals surface area contributed by atoms with E-state index < -0.39 is 15.4 Å². The second-order valence-corrected chi connectivity index (χ2v) is 8.41. The van der Waals surface area contributed by atoms with Crippen molar-refractivity contribution in [1.82, 2.24) is 0 Å². The minimum absolute atomic E-state index is 0.00864. The van der Waals surface area contributed by atoms with Gasteiger partial charge >= 0.3 is 0 Å². The minimum atomic E-state index is -4.07. The standard InChI is InChI=1S/C20H34O4S/c1-4-7-9-11-17-13-14-20(18(15-17)12-10-8-5-2)24-16-19(6-3)25(21,22)23/h13-15,19H,4-12,16H2,1-3H3,(H,21,22,23). The first-order valence-corrected chi connectivity index (χ1v) is 11.1. The fraction of sp³-hybridized carbons (Fsp3) is 0.700. The topological polar surface area (TPSA) is 63.6 Å². The van der Waals surface area contributed by atoms with Crippen LogP contribution in [0.1, 0.15) is 76.8 Å². The molecule has 0 saturated carbocycles. The van der Waals surface area contributed by atoms with Crippen LogP contribution in [0.2, 0.25) is 0 Å². The fourth-order valence-corrected chi connectivity index (χ4v) is 3.53.